The van der Waals surface area contributed by atoms with E-state index < -0.39 is 10.8 Å². The molecule has 0 N–H and O–H groups in total. The van der Waals surface area contributed by atoms with E-state index >= 15 is 0 Å². The van der Waals surface area contributed by atoms with E-state index in [-0.39, 0.29) is 5.91 Å². The van der Waals surface area contributed by atoms with Gasteiger partial charge in [-0.25, -0.2) is 0 Å². The fraction of sp³-hybridized carbons (Fsp3) is 0.500. The van der Waals surface area contributed by atoms with Gasteiger partial charge in [0.05, 0.1) is 0 Å². The Morgan fingerprint density at radius 2 is 1.94 bits per heavy atom. The number of hydrogen-bond donors (Lipinski definition) is 0. The lowest BCUT2D eigenvalue weighted by Gasteiger charge is -2.26. The summed E-state index contributed by atoms with van der Waals surface area (Å²) in [6.07, 6.45) is 1.35. The van der Waals surface area contributed by atoms with Crippen molar-refractivity contribution in [2.24, 2.45) is 0 Å². The van der Waals surface area contributed by atoms with Gasteiger partial charge in [0.15, 0.2) is 0 Å². The van der Waals surface area contributed by atoms with Crippen LogP contribution in [0.2, 0.25) is 0 Å². The first-order valence-electron chi connectivity index (χ1n) is 6.34. The lowest BCUT2D eigenvalue weighted by Crippen LogP contribution is -2.41. The Hall–Kier alpha value is -1.16. The molecule has 0 unspecified atom stereocenters. The minimum atomic E-state index is -0.715. The van der Waals surface area contributed by atoms with Gasteiger partial charge < -0.3 is 4.90 Å². The Balaban J connectivity index is 1.85. The lowest BCUT2D eigenvalue weighted by molar-refractivity contribution is -0.130. The highest BCUT2D eigenvalue weighted by molar-refractivity contribution is 7.85. The largest absolute Gasteiger partial charge is 0.341 e. The van der Waals surface area contributed by atoms with E-state index in [0.717, 1.165) is 6.42 Å². The highest BCUT2D eigenvalue weighted by atomic mass is 32.2. The number of aryl methyl sites for hydroxylation is 2. The smallest absolute Gasteiger partial charge is 0.222 e. The van der Waals surface area contributed by atoms with Gasteiger partial charge in [-0.3, -0.25) is 9.00 Å². The van der Waals surface area contributed by atoms with Gasteiger partial charge in [0.25, 0.3) is 0 Å². The Labute approximate surface area is 111 Å². The van der Waals surface area contributed by atoms with Crippen LogP contribution in [0.4, 0.5) is 0 Å². The van der Waals surface area contributed by atoms with Crippen molar-refractivity contribution >= 4 is 16.7 Å². The number of carbonyl (C=O) groups is 1. The summed E-state index contributed by atoms with van der Waals surface area (Å²) in [6, 6.07) is 8.18. The van der Waals surface area contributed by atoms with Crippen LogP contribution in [0.1, 0.15) is 17.5 Å². The topological polar surface area (TPSA) is 37.4 Å². The van der Waals surface area contributed by atoms with E-state index in [9.17, 15) is 9.00 Å². The molecule has 0 aliphatic carbocycles. The molecule has 1 aliphatic heterocycles. The molecule has 1 amide bonds. The van der Waals surface area contributed by atoms with Crippen LogP contribution in [0.3, 0.4) is 0 Å². The first-order valence-corrected chi connectivity index (χ1v) is 7.83. The summed E-state index contributed by atoms with van der Waals surface area (Å²) in [5.41, 5.74) is 2.48. The third-order valence-corrected chi connectivity index (χ3v) is 4.68. The predicted molar refractivity (Wildman–Crippen MR) is 74.0 cm³/mol. The van der Waals surface area contributed by atoms with Gasteiger partial charge in [-0.2, -0.15) is 0 Å². The number of rotatable bonds is 3. The van der Waals surface area contributed by atoms with Crippen molar-refractivity contribution in [3.8, 4) is 0 Å². The fourth-order valence-electron chi connectivity index (χ4n) is 2.18. The summed E-state index contributed by atoms with van der Waals surface area (Å²) in [4.78, 5) is 13.9. The number of amides is 1. The molecule has 0 spiro atoms. The zero-order chi connectivity index (χ0) is 13.0. The van der Waals surface area contributed by atoms with Gasteiger partial charge in [0.1, 0.15) is 0 Å². The predicted octanol–water partition coefficient (Wildman–Crippen LogP) is 1.52. The molecule has 98 valence electrons. The molecule has 1 fully saturated rings. The van der Waals surface area contributed by atoms with Gasteiger partial charge in [0.2, 0.25) is 5.91 Å². The Morgan fingerprint density at radius 3 is 2.61 bits per heavy atom. The molecule has 1 saturated heterocycles. The van der Waals surface area contributed by atoms with E-state index in [4.69, 9.17) is 0 Å². The molecule has 0 radical (unpaired) electrons. The van der Waals surface area contributed by atoms with Crippen LogP contribution in [-0.4, -0.2) is 39.6 Å². The maximum absolute atomic E-state index is 12.0. The minimum Gasteiger partial charge on any atom is -0.341 e. The second-order valence-electron chi connectivity index (χ2n) is 4.66. The van der Waals surface area contributed by atoms with Crippen LogP contribution in [0, 0.1) is 6.92 Å². The van der Waals surface area contributed by atoms with E-state index in [1.807, 2.05) is 17.0 Å². The van der Waals surface area contributed by atoms with Gasteiger partial charge in [0, 0.05) is 41.8 Å². The summed E-state index contributed by atoms with van der Waals surface area (Å²) >= 11 is 0. The third-order valence-electron chi connectivity index (χ3n) is 3.40. The lowest BCUT2D eigenvalue weighted by atomic mass is 10.0. The minimum absolute atomic E-state index is 0.190. The zero-order valence-corrected chi connectivity index (χ0v) is 11.5. The van der Waals surface area contributed by atoms with Crippen molar-refractivity contribution in [2.75, 3.05) is 24.6 Å². The maximum Gasteiger partial charge on any atom is 0.222 e. The molecule has 0 atom stereocenters. The second kappa shape index (κ2) is 6.14. The average molecular weight is 265 g/mol. The molecule has 3 nitrogen and oxygen atoms in total. The molecule has 4 heteroatoms. The second-order valence-corrected chi connectivity index (χ2v) is 6.35. The van der Waals surface area contributed by atoms with Crippen LogP contribution in [0.5, 0.6) is 0 Å². The summed E-state index contributed by atoms with van der Waals surface area (Å²) in [7, 11) is -0.715. The summed E-state index contributed by atoms with van der Waals surface area (Å²) in [5.74, 6) is 1.46. The van der Waals surface area contributed by atoms with E-state index in [1.165, 1.54) is 11.1 Å². The van der Waals surface area contributed by atoms with Crippen LogP contribution in [-0.2, 0) is 22.0 Å². The average Bonchev–Trinajstić information content (AvgIpc) is 2.38. The number of carbonyl (C=O) groups excluding carboxylic acids is 1. The SMILES string of the molecule is Cc1ccccc1CCC(=O)N1CCS(=O)CC1. The van der Waals surface area contributed by atoms with E-state index in [0.29, 0.717) is 31.0 Å². The highest BCUT2D eigenvalue weighted by Gasteiger charge is 2.19. The molecule has 1 aromatic carbocycles. The van der Waals surface area contributed by atoms with Gasteiger partial charge >= 0.3 is 0 Å². The molecule has 0 aromatic heterocycles. The number of nitrogens with zero attached hydrogens (tertiary/aromatic N) is 1. The third kappa shape index (κ3) is 3.42. The maximum atomic E-state index is 12.0. The fourth-order valence-corrected chi connectivity index (χ4v) is 3.23. The molecule has 1 heterocycles. The van der Waals surface area contributed by atoms with Crippen molar-refractivity contribution in [2.45, 2.75) is 19.8 Å². The van der Waals surface area contributed by atoms with Crippen LogP contribution >= 0.6 is 0 Å². The van der Waals surface area contributed by atoms with Crippen molar-refractivity contribution in [1.29, 1.82) is 0 Å². The standard InChI is InChI=1S/C14H19NO2S/c1-12-4-2-3-5-13(12)6-7-14(16)15-8-10-18(17)11-9-15/h2-5H,6-11H2,1H3. The molecule has 18 heavy (non-hydrogen) atoms. The van der Waals surface area contributed by atoms with E-state index in [2.05, 4.69) is 19.1 Å². The molecule has 2 rings (SSSR count). The van der Waals surface area contributed by atoms with Gasteiger partial charge in [-0.1, -0.05) is 24.3 Å². The van der Waals surface area contributed by atoms with Crippen LogP contribution < -0.4 is 0 Å². The first kappa shape index (κ1) is 13.3. The van der Waals surface area contributed by atoms with Gasteiger partial charge in [-0.05, 0) is 24.5 Å². The van der Waals surface area contributed by atoms with E-state index in [1.54, 1.807) is 0 Å². The molecule has 0 saturated carbocycles. The zero-order valence-electron chi connectivity index (χ0n) is 10.7. The number of hydrogen-bond acceptors (Lipinski definition) is 2. The molecule has 1 aromatic rings. The Bertz CT molecular complexity index is 449. The quantitative estimate of drug-likeness (QED) is 0.831. The molecule has 1 aliphatic rings. The molecular formula is C14H19NO2S. The van der Waals surface area contributed by atoms with Crippen molar-refractivity contribution < 1.29 is 9.00 Å². The normalized spacial score (nSPS) is 16.8. The van der Waals surface area contributed by atoms with Gasteiger partial charge in [-0.15, -0.1) is 0 Å². The monoisotopic (exact) mass is 265 g/mol. The van der Waals surface area contributed by atoms with Crippen molar-refractivity contribution in [3.63, 3.8) is 0 Å². The van der Waals surface area contributed by atoms with Crippen molar-refractivity contribution in [3.05, 3.63) is 35.4 Å². The Morgan fingerprint density at radius 1 is 1.28 bits per heavy atom. The van der Waals surface area contributed by atoms with Crippen LogP contribution in [0.15, 0.2) is 24.3 Å². The molecule has 0 bridgehead atoms. The summed E-state index contributed by atoms with van der Waals surface area (Å²) in [5, 5.41) is 0. The molecular weight excluding hydrogens is 246 g/mol. The first-order chi connectivity index (χ1) is 8.66. The highest BCUT2D eigenvalue weighted by Crippen LogP contribution is 2.11. The van der Waals surface area contributed by atoms with Crippen molar-refractivity contribution in [1.82, 2.24) is 4.90 Å². The Kier molecular flexibility index (Phi) is 4.53. The number of benzene rings is 1. The summed E-state index contributed by atoms with van der Waals surface area (Å²) in [6.45, 7) is 3.38. The summed E-state index contributed by atoms with van der Waals surface area (Å²) < 4.78 is 11.2. The van der Waals surface area contributed by atoms with Crippen LogP contribution in [0.25, 0.3) is 0 Å².